The molecule has 8 nitrogen and oxygen atoms in total. The number of nitrogens with zero attached hydrogens (tertiary/aromatic N) is 4. The minimum Gasteiger partial charge on any atom is -0.395 e. The first kappa shape index (κ1) is 15.7. The van der Waals surface area contributed by atoms with E-state index in [0.29, 0.717) is 39.3 Å². The van der Waals surface area contributed by atoms with Gasteiger partial charge in [0.2, 0.25) is 0 Å². The van der Waals surface area contributed by atoms with Crippen molar-refractivity contribution in [2.24, 2.45) is 5.73 Å². The Labute approximate surface area is 120 Å². The molecule has 1 aromatic heterocycles. The Balaban J connectivity index is 2.42. The Kier molecular flexibility index (Phi) is 8.37. The molecule has 0 aliphatic rings. The number of rotatable bonds is 10. The smallest absolute Gasteiger partial charge is 0.155 e. The minimum absolute atomic E-state index is 0.0853. The third kappa shape index (κ3) is 6.02. The molecule has 0 aliphatic heterocycles. The van der Waals surface area contributed by atoms with Crippen molar-refractivity contribution >= 4 is 23.0 Å². The van der Waals surface area contributed by atoms with Gasteiger partial charge in [0.25, 0.3) is 0 Å². The molecular weight excluding hydrogens is 353 g/mol. The number of hydrogen-bond acceptors (Lipinski definition) is 7. The molecule has 0 saturated carbocycles. The molecule has 0 spiro atoms. The van der Waals surface area contributed by atoms with Crippen LogP contribution in [-0.4, -0.2) is 57.8 Å². The zero-order valence-electron chi connectivity index (χ0n) is 10.0. The van der Waals surface area contributed by atoms with Crippen LogP contribution in [-0.2, 0) is 21.2 Å². The largest absolute Gasteiger partial charge is 0.395 e. The maximum Gasteiger partial charge on any atom is 0.155 e. The van der Waals surface area contributed by atoms with E-state index in [4.69, 9.17) is 15.7 Å². The lowest BCUT2D eigenvalue weighted by molar-refractivity contribution is -0.169. The zero-order chi connectivity index (χ0) is 13.2. The predicted octanol–water partition coefficient (Wildman–Crippen LogP) is -0.671. The highest BCUT2D eigenvalue weighted by molar-refractivity contribution is 14.1. The maximum atomic E-state index is 8.99. The van der Waals surface area contributed by atoms with Gasteiger partial charge < -0.3 is 10.8 Å². The third-order valence-corrected chi connectivity index (χ3v) is 2.54. The van der Waals surface area contributed by atoms with Gasteiger partial charge in [0.1, 0.15) is 0 Å². The van der Waals surface area contributed by atoms with Crippen LogP contribution >= 0.6 is 23.0 Å². The topological polar surface area (TPSA) is 98.7 Å². The fourth-order valence-corrected chi connectivity index (χ4v) is 1.67. The van der Waals surface area contributed by atoms with Gasteiger partial charge in [-0.25, -0.2) is 4.89 Å². The van der Waals surface area contributed by atoms with Gasteiger partial charge in [0, 0.05) is 32.4 Å². The standard InChI is InChI=1S/C9H18IN5O3/c10-18-17-6-4-14(3-5-16)7-9-8-15(2-1-11)13-12-9/h8,16H,1-7,11H2. The molecule has 1 rings (SSSR count). The zero-order valence-corrected chi connectivity index (χ0v) is 12.2. The summed E-state index contributed by atoms with van der Waals surface area (Å²) < 4.78 is 6.20. The molecule has 0 bridgehead atoms. The van der Waals surface area contributed by atoms with Crippen LogP contribution < -0.4 is 5.73 Å². The van der Waals surface area contributed by atoms with Gasteiger partial charge in [-0.3, -0.25) is 9.58 Å². The second-order valence-electron chi connectivity index (χ2n) is 3.65. The van der Waals surface area contributed by atoms with E-state index in [1.807, 2.05) is 11.1 Å². The van der Waals surface area contributed by atoms with Crippen molar-refractivity contribution in [3.05, 3.63) is 11.9 Å². The van der Waals surface area contributed by atoms with Crippen molar-refractivity contribution in [2.45, 2.75) is 13.1 Å². The fraction of sp³-hybridized carbons (Fsp3) is 0.778. The highest BCUT2D eigenvalue weighted by atomic mass is 127. The Bertz CT molecular complexity index is 325. The minimum atomic E-state index is 0.0853. The Morgan fingerprint density at radius 2 is 2.33 bits per heavy atom. The molecule has 1 aromatic rings. The van der Waals surface area contributed by atoms with Gasteiger partial charge in [0.15, 0.2) is 23.0 Å². The highest BCUT2D eigenvalue weighted by Gasteiger charge is 2.08. The van der Waals surface area contributed by atoms with Gasteiger partial charge in [-0.15, -0.1) is 5.10 Å². The summed E-state index contributed by atoms with van der Waals surface area (Å²) >= 11 is 1.66. The normalized spacial score (nSPS) is 11.3. The van der Waals surface area contributed by atoms with Gasteiger partial charge in [0.05, 0.1) is 25.5 Å². The molecule has 3 N–H and O–H groups in total. The predicted molar refractivity (Wildman–Crippen MR) is 72.5 cm³/mol. The Morgan fingerprint density at radius 1 is 1.50 bits per heavy atom. The van der Waals surface area contributed by atoms with E-state index in [0.717, 1.165) is 5.69 Å². The quantitative estimate of drug-likeness (QED) is 0.244. The first-order valence-electron chi connectivity index (χ1n) is 5.62. The molecule has 0 fully saturated rings. The number of aromatic nitrogens is 3. The Hall–Kier alpha value is -0.330. The summed E-state index contributed by atoms with van der Waals surface area (Å²) in [5.74, 6) is 0. The van der Waals surface area contributed by atoms with Crippen LogP contribution in [0.2, 0.25) is 0 Å². The van der Waals surface area contributed by atoms with E-state index in [9.17, 15) is 0 Å². The third-order valence-electron chi connectivity index (χ3n) is 2.28. The summed E-state index contributed by atoms with van der Waals surface area (Å²) in [5, 5.41) is 17.0. The van der Waals surface area contributed by atoms with Crippen molar-refractivity contribution in [3.8, 4) is 0 Å². The maximum absolute atomic E-state index is 8.99. The van der Waals surface area contributed by atoms with Crippen LogP contribution in [0, 0.1) is 0 Å². The van der Waals surface area contributed by atoms with Crippen molar-refractivity contribution in [2.75, 3.05) is 32.8 Å². The second-order valence-corrected chi connectivity index (χ2v) is 4.01. The summed E-state index contributed by atoms with van der Waals surface area (Å²) in [4.78, 5) is 6.80. The number of halogens is 1. The van der Waals surface area contributed by atoms with Crippen LogP contribution in [0.1, 0.15) is 5.69 Å². The SMILES string of the molecule is NCCn1cc(CN(CCO)CCOOI)nn1. The van der Waals surface area contributed by atoms with E-state index in [1.54, 1.807) is 27.7 Å². The number of aliphatic hydroxyl groups is 1. The van der Waals surface area contributed by atoms with Gasteiger partial charge >= 0.3 is 0 Å². The van der Waals surface area contributed by atoms with Gasteiger partial charge in [-0.2, -0.15) is 3.22 Å². The molecule has 0 saturated heterocycles. The second kappa shape index (κ2) is 9.58. The molecule has 0 unspecified atom stereocenters. The van der Waals surface area contributed by atoms with E-state index in [-0.39, 0.29) is 6.61 Å². The van der Waals surface area contributed by atoms with Crippen LogP contribution in [0.15, 0.2) is 6.20 Å². The summed E-state index contributed by atoms with van der Waals surface area (Å²) in [5.41, 5.74) is 6.28. The lowest BCUT2D eigenvalue weighted by Gasteiger charge is -2.18. The monoisotopic (exact) mass is 371 g/mol. The molecule has 0 aromatic carbocycles. The van der Waals surface area contributed by atoms with Gasteiger partial charge in [-0.05, 0) is 0 Å². The molecule has 1 heterocycles. The molecule has 0 radical (unpaired) electrons. The number of aliphatic hydroxyl groups excluding tert-OH is 1. The molecular formula is C9H18IN5O3. The van der Waals surface area contributed by atoms with Crippen molar-refractivity contribution in [1.29, 1.82) is 0 Å². The molecule has 9 heteroatoms. The van der Waals surface area contributed by atoms with E-state index in [1.165, 1.54) is 0 Å². The fourth-order valence-electron chi connectivity index (χ4n) is 1.49. The van der Waals surface area contributed by atoms with E-state index < -0.39 is 0 Å². The molecule has 18 heavy (non-hydrogen) atoms. The molecule has 0 amide bonds. The average molecular weight is 371 g/mol. The van der Waals surface area contributed by atoms with Crippen molar-refractivity contribution in [3.63, 3.8) is 0 Å². The first-order valence-corrected chi connectivity index (χ1v) is 6.50. The van der Waals surface area contributed by atoms with Crippen LogP contribution in [0.25, 0.3) is 0 Å². The number of nitrogens with two attached hydrogens (primary N) is 1. The summed E-state index contributed by atoms with van der Waals surface area (Å²) in [6.45, 7) is 3.50. The van der Waals surface area contributed by atoms with Crippen molar-refractivity contribution < 1.29 is 13.2 Å². The average Bonchev–Trinajstić information content (AvgIpc) is 2.78. The summed E-state index contributed by atoms with van der Waals surface area (Å²) in [6.07, 6.45) is 1.85. The van der Waals surface area contributed by atoms with E-state index >= 15 is 0 Å². The van der Waals surface area contributed by atoms with Crippen molar-refractivity contribution in [1.82, 2.24) is 19.9 Å². The van der Waals surface area contributed by atoms with Crippen LogP contribution in [0.3, 0.4) is 0 Å². The van der Waals surface area contributed by atoms with E-state index in [2.05, 4.69) is 13.5 Å². The molecule has 0 atom stereocenters. The van der Waals surface area contributed by atoms with Gasteiger partial charge in [-0.1, -0.05) is 5.21 Å². The molecule has 0 aliphatic carbocycles. The Morgan fingerprint density at radius 3 is 3.00 bits per heavy atom. The highest BCUT2D eigenvalue weighted by Crippen LogP contribution is 2.01. The van der Waals surface area contributed by atoms with Crippen LogP contribution in [0.5, 0.6) is 0 Å². The summed E-state index contributed by atoms with van der Waals surface area (Å²) in [7, 11) is 0. The molecule has 104 valence electrons. The number of hydrogen-bond donors (Lipinski definition) is 2. The first-order chi connectivity index (χ1) is 8.80. The van der Waals surface area contributed by atoms with Crippen LogP contribution in [0.4, 0.5) is 0 Å². The summed E-state index contributed by atoms with van der Waals surface area (Å²) in [6, 6.07) is 0. The lowest BCUT2D eigenvalue weighted by atomic mass is 10.4. The lowest BCUT2D eigenvalue weighted by Crippen LogP contribution is -2.30.